The minimum absolute atomic E-state index is 0.154. The molecule has 1 aromatic rings. The number of aromatic nitrogens is 2. The van der Waals surface area contributed by atoms with Crippen LogP contribution in [0, 0.1) is 5.92 Å². The first-order valence-electron chi connectivity index (χ1n) is 9.20. The Labute approximate surface area is 154 Å². The van der Waals surface area contributed by atoms with Crippen molar-refractivity contribution in [1.82, 2.24) is 19.4 Å². The summed E-state index contributed by atoms with van der Waals surface area (Å²) in [5, 5.41) is 17.3. The number of amides is 1. The van der Waals surface area contributed by atoms with Gasteiger partial charge in [0, 0.05) is 39.0 Å². The minimum atomic E-state index is -3.43. The molecule has 1 aliphatic heterocycles. The molecule has 0 spiro atoms. The number of rotatable bonds is 5. The number of likely N-dealkylation sites (tertiary alicyclic amines) is 1. The summed E-state index contributed by atoms with van der Waals surface area (Å²) in [4.78, 5) is 14.5. The molecule has 1 saturated carbocycles. The average Bonchev–Trinajstić information content (AvgIpc) is 3.22. The summed E-state index contributed by atoms with van der Waals surface area (Å²) in [6, 6.07) is 0. The summed E-state index contributed by atoms with van der Waals surface area (Å²) in [5.74, 6) is -0.492. The van der Waals surface area contributed by atoms with Gasteiger partial charge in [0.25, 0.3) is 5.91 Å². The van der Waals surface area contributed by atoms with Crippen LogP contribution in [0.2, 0.25) is 0 Å². The number of sulfonamides is 1. The van der Waals surface area contributed by atoms with Crippen LogP contribution in [0.5, 0.6) is 0 Å². The van der Waals surface area contributed by atoms with Crippen LogP contribution in [0.3, 0.4) is 0 Å². The number of nitrogens with one attached hydrogen (secondary N) is 1. The van der Waals surface area contributed by atoms with Crippen LogP contribution in [0.25, 0.3) is 0 Å². The highest BCUT2D eigenvalue weighted by molar-refractivity contribution is 7.89. The first-order chi connectivity index (χ1) is 12.3. The van der Waals surface area contributed by atoms with Crippen molar-refractivity contribution in [2.45, 2.75) is 44.1 Å². The van der Waals surface area contributed by atoms with Gasteiger partial charge in [-0.1, -0.05) is 19.3 Å². The molecular formula is C17H28N4O4S. The number of β-amino-alcohol motifs (C(OH)–C–C–N with tert-alkyl or cyclic N) is 1. The van der Waals surface area contributed by atoms with Crippen LogP contribution in [-0.4, -0.2) is 77.9 Å². The summed E-state index contributed by atoms with van der Waals surface area (Å²) >= 11 is 0. The topological polar surface area (TPSA) is 107 Å². The summed E-state index contributed by atoms with van der Waals surface area (Å²) in [7, 11) is -0.478. The first-order valence-corrected chi connectivity index (χ1v) is 10.8. The normalized spacial score (nSPS) is 25.2. The van der Waals surface area contributed by atoms with Gasteiger partial charge < -0.3 is 10.0 Å². The van der Waals surface area contributed by atoms with Crippen molar-refractivity contribution in [3.63, 3.8) is 0 Å². The van der Waals surface area contributed by atoms with Crippen molar-refractivity contribution in [2.75, 3.05) is 32.9 Å². The smallest absolute Gasteiger partial charge is 0.257 e. The maximum Gasteiger partial charge on any atom is 0.257 e. The lowest BCUT2D eigenvalue weighted by atomic mass is 9.85. The highest BCUT2D eigenvalue weighted by Crippen LogP contribution is 2.34. The summed E-state index contributed by atoms with van der Waals surface area (Å²) in [5.41, 5.74) is 1.44. The van der Waals surface area contributed by atoms with E-state index in [-0.39, 0.29) is 24.7 Å². The number of nitrogens with zero attached hydrogens (tertiary/aromatic N) is 3. The number of carbonyl (C=O) groups excluding carboxylic acids is 1. The van der Waals surface area contributed by atoms with E-state index >= 15 is 0 Å². The third kappa shape index (κ3) is 3.94. The summed E-state index contributed by atoms with van der Waals surface area (Å²) in [6.07, 6.45) is 6.37. The number of carbonyl (C=O) groups is 1. The Kier molecular flexibility index (Phi) is 5.69. The van der Waals surface area contributed by atoms with Crippen LogP contribution in [0.4, 0.5) is 0 Å². The van der Waals surface area contributed by atoms with Gasteiger partial charge in [-0.2, -0.15) is 5.10 Å². The molecule has 1 saturated heterocycles. The lowest BCUT2D eigenvalue weighted by Crippen LogP contribution is -2.33. The lowest BCUT2D eigenvalue weighted by molar-refractivity contribution is 0.0763. The summed E-state index contributed by atoms with van der Waals surface area (Å²) < 4.78 is 25.3. The molecule has 2 fully saturated rings. The fourth-order valence-corrected chi connectivity index (χ4v) is 5.11. The second-order valence-electron chi connectivity index (χ2n) is 7.63. The van der Waals surface area contributed by atoms with E-state index < -0.39 is 22.0 Å². The van der Waals surface area contributed by atoms with E-state index in [2.05, 4.69) is 10.2 Å². The minimum Gasteiger partial charge on any atom is -0.391 e. The van der Waals surface area contributed by atoms with Crippen LogP contribution in [-0.2, 0) is 10.0 Å². The molecule has 9 heteroatoms. The van der Waals surface area contributed by atoms with Gasteiger partial charge in [-0.15, -0.1) is 0 Å². The van der Waals surface area contributed by atoms with Crippen molar-refractivity contribution in [2.24, 2.45) is 5.92 Å². The van der Waals surface area contributed by atoms with Gasteiger partial charge in [-0.3, -0.25) is 9.89 Å². The Hall–Kier alpha value is -1.45. The number of aliphatic hydroxyl groups is 1. The fourth-order valence-electron chi connectivity index (χ4n) is 3.94. The molecule has 1 aliphatic carbocycles. The lowest BCUT2D eigenvalue weighted by Gasteiger charge is -2.23. The van der Waals surface area contributed by atoms with E-state index in [0.29, 0.717) is 11.5 Å². The molecule has 0 radical (unpaired) electrons. The molecule has 2 heterocycles. The van der Waals surface area contributed by atoms with E-state index in [1.54, 1.807) is 11.1 Å². The van der Waals surface area contributed by atoms with Crippen LogP contribution < -0.4 is 0 Å². The number of H-pyrrole nitrogens is 1. The van der Waals surface area contributed by atoms with Crippen molar-refractivity contribution >= 4 is 15.9 Å². The second kappa shape index (κ2) is 7.66. The average molecular weight is 385 g/mol. The highest BCUT2D eigenvalue weighted by atomic mass is 32.2. The molecule has 2 aliphatic rings. The monoisotopic (exact) mass is 384 g/mol. The quantitative estimate of drug-likeness (QED) is 0.780. The number of hydrogen-bond acceptors (Lipinski definition) is 5. The Bertz CT molecular complexity index is 740. The predicted molar refractivity (Wildman–Crippen MR) is 97.3 cm³/mol. The van der Waals surface area contributed by atoms with E-state index in [9.17, 15) is 18.3 Å². The molecule has 3 rings (SSSR count). The van der Waals surface area contributed by atoms with Gasteiger partial charge in [-0.05, 0) is 12.8 Å². The molecular weight excluding hydrogens is 356 g/mol. The van der Waals surface area contributed by atoms with Gasteiger partial charge in [0.05, 0.1) is 29.3 Å². The Morgan fingerprint density at radius 3 is 2.65 bits per heavy atom. The zero-order valence-corrected chi connectivity index (χ0v) is 16.2. The van der Waals surface area contributed by atoms with Crippen molar-refractivity contribution in [3.05, 3.63) is 17.5 Å². The first kappa shape index (κ1) is 19.3. The van der Waals surface area contributed by atoms with Gasteiger partial charge >= 0.3 is 0 Å². The van der Waals surface area contributed by atoms with E-state index in [1.807, 2.05) is 0 Å². The van der Waals surface area contributed by atoms with Gasteiger partial charge in [-0.25, -0.2) is 12.7 Å². The van der Waals surface area contributed by atoms with Crippen molar-refractivity contribution in [3.8, 4) is 0 Å². The van der Waals surface area contributed by atoms with Gasteiger partial charge in [0.1, 0.15) is 0 Å². The third-order valence-corrected chi connectivity index (χ3v) is 7.55. The largest absolute Gasteiger partial charge is 0.391 e. The Morgan fingerprint density at radius 2 is 2.00 bits per heavy atom. The SMILES string of the molecule is CN(C)S(=O)(=O)C[C@@H]1CN(C(=O)c2cn[nH]c2C2CCCCC2)C[C@@H]1O. The van der Waals surface area contributed by atoms with Crippen molar-refractivity contribution in [1.29, 1.82) is 0 Å². The van der Waals surface area contributed by atoms with E-state index in [4.69, 9.17) is 0 Å². The van der Waals surface area contributed by atoms with E-state index in [1.165, 1.54) is 20.5 Å². The van der Waals surface area contributed by atoms with Crippen LogP contribution in [0.1, 0.15) is 54.1 Å². The molecule has 2 atom stereocenters. The zero-order chi connectivity index (χ0) is 18.9. The standard InChI is InChI=1S/C17H28N4O4S/c1-20(2)26(24,25)11-13-9-21(10-15(13)22)17(23)14-8-18-19-16(14)12-6-4-3-5-7-12/h8,12-13,15,22H,3-7,9-11H2,1-2H3,(H,18,19)/t13-,15-/m0/s1. The Balaban J connectivity index is 1.71. The molecule has 2 N–H and O–H groups in total. The van der Waals surface area contributed by atoms with E-state index in [0.717, 1.165) is 35.7 Å². The molecule has 146 valence electrons. The molecule has 0 aromatic carbocycles. The zero-order valence-electron chi connectivity index (χ0n) is 15.4. The highest BCUT2D eigenvalue weighted by Gasteiger charge is 2.38. The van der Waals surface area contributed by atoms with Crippen LogP contribution >= 0.6 is 0 Å². The number of hydrogen-bond donors (Lipinski definition) is 2. The third-order valence-electron chi connectivity index (χ3n) is 5.59. The molecule has 26 heavy (non-hydrogen) atoms. The molecule has 1 aromatic heterocycles. The number of aromatic amines is 1. The van der Waals surface area contributed by atoms with Crippen LogP contribution in [0.15, 0.2) is 6.20 Å². The number of aliphatic hydroxyl groups excluding tert-OH is 1. The molecule has 8 nitrogen and oxygen atoms in total. The Morgan fingerprint density at radius 1 is 1.31 bits per heavy atom. The predicted octanol–water partition coefficient (Wildman–Crippen LogP) is 0.782. The van der Waals surface area contributed by atoms with Crippen molar-refractivity contribution < 1.29 is 18.3 Å². The molecule has 1 amide bonds. The molecule has 0 bridgehead atoms. The maximum absolute atomic E-state index is 13.0. The van der Waals surface area contributed by atoms with Gasteiger partial charge in [0.2, 0.25) is 10.0 Å². The molecule has 0 unspecified atom stereocenters. The maximum atomic E-state index is 13.0. The summed E-state index contributed by atoms with van der Waals surface area (Å²) in [6.45, 7) is 0.393. The van der Waals surface area contributed by atoms with Gasteiger partial charge in [0.15, 0.2) is 0 Å². The second-order valence-corrected chi connectivity index (χ2v) is 9.86. The fraction of sp³-hybridized carbons (Fsp3) is 0.765.